The predicted octanol–water partition coefficient (Wildman–Crippen LogP) is 6.34. The molecule has 2 unspecified atom stereocenters. The molecule has 0 radical (unpaired) electrons. The van der Waals surface area contributed by atoms with Crippen molar-refractivity contribution in [1.29, 1.82) is 0 Å². The Bertz CT molecular complexity index is 1850. The van der Waals surface area contributed by atoms with Gasteiger partial charge < -0.3 is 43.2 Å². The van der Waals surface area contributed by atoms with E-state index in [1.807, 2.05) is 6.07 Å². The monoisotopic (exact) mass is 758 g/mol. The maximum absolute atomic E-state index is 14.1. The third-order valence-corrected chi connectivity index (χ3v) is 9.10. The first kappa shape index (κ1) is 40.5. The molecule has 0 aliphatic carbocycles. The predicted molar refractivity (Wildman–Crippen MR) is 198 cm³/mol. The molecule has 2 aliphatic rings. The van der Waals surface area contributed by atoms with Gasteiger partial charge >= 0.3 is 18.2 Å². The SMILES string of the molecule is COC(=O)c1cc(OC)c2cc1OCCOCCOCCC1CN(C)CCC1Nc1cccc3c1cc(n3CC(F)(F)F)C#CCN2C(=O)OC(C)(C)C. The fourth-order valence-electron chi connectivity index (χ4n) is 6.61. The molecule has 1 saturated heterocycles. The van der Waals surface area contributed by atoms with Gasteiger partial charge in [-0.25, -0.2) is 9.59 Å². The standard InChI is InChI=1S/C39H49F3N4O8/c1-38(2,3)54-37(48)45-14-8-9-27-21-28-31(10-7-11-32(28)46(27)25-39(40,41)42)43-30-12-15-44(4)24-26(30)13-16-51-17-18-52-19-20-53-34-23-33(45)35(49-5)22-29(34)36(47)50-6/h7,10-11,21-23,26,30,43H,12-20,24-25H2,1-6H3. The molecule has 4 bridgehead atoms. The lowest BCUT2D eigenvalue weighted by molar-refractivity contribution is -0.140. The number of ether oxygens (including phenoxy) is 6. The summed E-state index contributed by atoms with van der Waals surface area (Å²) >= 11 is 0. The van der Waals surface area contributed by atoms with Crippen LogP contribution in [-0.2, 0) is 25.5 Å². The van der Waals surface area contributed by atoms with Crippen LogP contribution in [0.15, 0.2) is 36.4 Å². The van der Waals surface area contributed by atoms with Crippen LogP contribution in [0.1, 0.15) is 49.7 Å². The molecular weight excluding hydrogens is 709 g/mol. The van der Waals surface area contributed by atoms with Gasteiger partial charge in [0.2, 0.25) is 0 Å². The molecule has 294 valence electrons. The minimum atomic E-state index is -4.54. The average Bonchev–Trinajstić information content (AvgIpc) is 3.44. The summed E-state index contributed by atoms with van der Waals surface area (Å²) in [6, 6.07) is 9.78. The number of alkyl halides is 3. The summed E-state index contributed by atoms with van der Waals surface area (Å²) in [5.74, 6) is 5.51. The summed E-state index contributed by atoms with van der Waals surface area (Å²) in [6.45, 7) is 6.63. The highest BCUT2D eigenvalue weighted by atomic mass is 19.4. The van der Waals surface area contributed by atoms with E-state index >= 15 is 0 Å². The normalized spacial score (nSPS) is 19.5. The van der Waals surface area contributed by atoms with Crippen molar-refractivity contribution in [2.45, 2.75) is 58.0 Å². The Morgan fingerprint density at radius 3 is 2.44 bits per heavy atom. The van der Waals surface area contributed by atoms with Crippen molar-refractivity contribution in [3.8, 4) is 23.3 Å². The summed E-state index contributed by atoms with van der Waals surface area (Å²) in [6.07, 6.45) is -3.72. The van der Waals surface area contributed by atoms with Gasteiger partial charge in [-0.3, -0.25) is 4.90 Å². The maximum Gasteiger partial charge on any atom is 0.415 e. The molecule has 3 aromatic rings. The second-order valence-corrected chi connectivity index (χ2v) is 14.3. The van der Waals surface area contributed by atoms with Crippen molar-refractivity contribution < 1.29 is 51.2 Å². The van der Waals surface area contributed by atoms with Crippen LogP contribution in [0, 0.1) is 17.8 Å². The zero-order chi connectivity index (χ0) is 39.0. The summed E-state index contributed by atoms with van der Waals surface area (Å²) in [7, 11) is 4.66. The number of rotatable bonds is 3. The smallest absolute Gasteiger partial charge is 0.415 e. The molecule has 3 heterocycles. The van der Waals surface area contributed by atoms with Gasteiger partial charge in [-0.05, 0) is 77.2 Å². The number of aromatic nitrogens is 1. The summed E-state index contributed by atoms with van der Waals surface area (Å²) in [4.78, 5) is 30.0. The second-order valence-electron chi connectivity index (χ2n) is 14.3. The van der Waals surface area contributed by atoms with Crippen LogP contribution in [0.25, 0.3) is 10.9 Å². The van der Waals surface area contributed by atoms with Crippen molar-refractivity contribution in [2.24, 2.45) is 5.92 Å². The fourth-order valence-corrected chi connectivity index (χ4v) is 6.61. The zero-order valence-electron chi connectivity index (χ0n) is 31.6. The van der Waals surface area contributed by atoms with E-state index in [0.29, 0.717) is 36.4 Å². The highest BCUT2D eigenvalue weighted by molar-refractivity contribution is 5.97. The summed E-state index contributed by atoms with van der Waals surface area (Å²) in [5, 5.41) is 4.25. The van der Waals surface area contributed by atoms with E-state index in [2.05, 4.69) is 29.1 Å². The number of nitrogens with zero attached hydrogens (tertiary/aromatic N) is 3. The Morgan fingerprint density at radius 1 is 1.00 bits per heavy atom. The van der Waals surface area contributed by atoms with Crippen molar-refractivity contribution in [3.63, 3.8) is 0 Å². The van der Waals surface area contributed by atoms with Gasteiger partial charge in [0.05, 0.1) is 57.5 Å². The number of methoxy groups -OCH3 is 2. The lowest BCUT2D eigenvalue weighted by Crippen LogP contribution is -2.45. The van der Waals surface area contributed by atoms with Gasteiger partial charge in [-0.15, -0.1) is 0 Å². The van der Waals surface area contributed by atoms with Gasteiger partial charge in [0.15, 0.2) is 0 Å². The van der Waals surface area contributed by atoms with Crippen LogP contribution in [0.5, 0.6) is 11.5 Å². The highest BCUT2D eigenvalue weighted by Gasteiger charge is 2.32. The number of piperidine rings is 1. The fraction of sp³-hybridized carbons (Fsp3) is 0.538. The van der Waals surface area contributed by atoms with Crippen LogP contribution in [0.3, 0.4) is 0 Å². The highest BCUT2D eigenvalue weighted by Crippen LogP contribution is 2.37. The van der Waals surface area contributed by atoms with Crippen LogP contribution in [0.2, 0.25) is 0 Å². The Kier molecular flexibility index (Phi) is 13.3. The Hall–Kier alpha value is -4.65. The van der Waals surface area contributed by atoms with E-state index in [0.717, 1.165) is 30.5 Å². The Balaban J connectivity index is 1.62. The third-order valence-electron chi connectivity index (χ3n) is 9.10. The molecule has 0 spiro atoms. The summed E-state index contributed by atoms with van der Waals surface area (Å²) < 4.78 is 77.3. The van der Waals surface area contributed by atoms with E-state index in [4.69, 9.17) is 28.4 Å². The number of anilines is 2. The van der Waals surface area contributed by atoms with Crippen LogP contribution in [-0.4, -0.2) is 113 Å². The number of hydrogen-bond donors (Lipinski definition) is 1. The van der Waals surface area contributed by atoms with Gasteiger partial charge in [0, 0.05) is 42.4 Å². The minimum Gasteiger partial charge on any atom is -0.495 e. The Labute approximate surface area is 313 Å². The molecule has 2 atom stereocenters. The number of fused-ring (bicyclic) bond motifs is 4. The molecule has 15 heteroatoms. The molecular formula is C39H49F3N4O8. The number of esters is 1. The number of benzene rings is 2. The number of amides is 1. The molecule has 1 aromatic heterocycles. The molecule has 1 N–H and O–H groups in total. The second kappa shape index (κ2) is 17.7. The van der Waals surface area contributed by atoms with Crippen LogP contribution in [0.4, 0.5) is 29.3 Å². The topological polar surface area (TPSA) is 113 Å². The molecule has 2 aromatic carbocycles. The van der Waals surface area contributed by atoms with E-state index in [-0.39, 0.29) is 60.2 Å². The molecule has 12 nitrogen and oxygen atoms in total. The van der Waals surface area contributed by atoms with Gasteiger partial charge in [0.1, 0.15) is 35.8 Å². The van der Waals surface area contributed by atoms with Crippen LogP contribution >= 0.6 is 0 Å². The first-order chi connectivity index (χ1) is 25.7. The first-order valence-electron chi connectivity index (χ1n) is 17.9. The lowest BCUT2D eigenvalue weighted by atomic mass is 9.89. The molecule has 1 amide bonds. The third kappa shape index (κ3) is 10.5. The Morgan fingerprint density at radius 2 is 1.74 bits per heavy atom. The lowest BCUT2D eigenvalue weighted by Gasteiger charge is -2.38. The van der Waals surface area contributed by atoms with E-state index in [1.165, 1.54) is 31.3 Å². The quantitative estimate of drug-likeness (QED) is 0.240. The maximum atomic E-state index is 14.1. The van der Waals surface area contributed by atoms with Gasteiger partial charge in [-0.1, -0.05) is 12.0 Å². The van der Waals surface area contributed by atoms with E-state index in [9.17, 15) is 22.8 Å². The minimum absolute atomic E-state index is 0.0370. The van der Waals surface area contributed by atoms with Crippen molar-refractivity contribution in [3.05, 3.63) is 47.7 Å². The molecule has 2 aliphatic heterocycles. The van der Waals surface area contributed by atoms with Gasteiger partial charge in [-0.2, -0.15) is 13.2 Å². The zero-order valence-corrected chi connectivity index (χ0v) is 31.6. The number of carbonyl (C=O) groups is 2. The number of halogens is 3. The summed E-state index contributed by atoms with van der Waals surface area (Å²) in [5.41, 5.74) is 0.460. The molecule has 5 rings (SSSR count). The first-order valence-corrected chi connectivity index (χ1v) is 17.9. The molecule has 0 saturated carbocycles. The van der Waals surface area contributed by atoms with Gasteiger partial charge in [0.25, 0.3) is 0 Å². The van der Waals surface area contributed by atoms with Crippen molar-refractivity contribution in [1.82, 2.24) is 9.47 Å². The van der Waals surface area contributed by atoms with Crippen LogP contribution < -0.4 is 19.7 Å². The number of carbonyl (C=O) groups excluding carboxylic acids is 2. The number of nitrogens with one attached hydrogen (secondary N) is 1. The number of hydrogen-bond acceptors (Lipinski definition) is 10. The largest absolute Gasteiger partial charge is 0.495 e. The molecule has 1 fully saturated rings. The number of likely N-dealkylation sites (tertiary alicyclic amines) is 1. The molecule has 54 heavy (non-hydrogen) atoms. The van der Waals surface area contributed by atoms with Crippen molar-refractivity contribution in [2.75, 3.05) is 84.2 Å². The average molecular weight is 759 g/mol. The van der Waals surface area contributed by atoms with E-state index < -0.39 is 30.4 Å². The van der Waals surface area contributed by atoms with E-state index in [1.54, 1.807) is 39.0 Å². The van der Waals surface area contributed by atoms with Crippen molar-refractivity contribution >= 4 is 34.3 Å².